The lowest BCUT2D eigenvalue weighted by atomic mass is 10.2. The summed E-state index contributed by atoms with van der Waals surface area (Å²) in [6.45, 7) is 0. The Balaban J connectivity index is 0.000000158. The number of ether oxygens (including phenoxy) is 1. The van der Waals surface area contributed by atoms with Crippen LogP contribution in [0.5, 0.6) is 23.0 Å². The summed E-state index contributed by atoms with van der Waals surface area (Å²) in [7, 11) is 1.65. The highest BCUT2D eigenvalue weighted by Gasteiger charge is 2.12. The third-order valence-corrected chi connectivity index (χ3v) is 7.97. The molecule has 194 valence electrons. The van der Waals surface area contributed by atoms with Gasteiger partial charge in [-0.2, -0.15) is 0 Å². The molecule has 0 aliphatic heterocycles. The predicted molar refractivity (Wildman–Crippen MR) is 158 cm³/mol. The lowest BCUT2D eigenvalue weighted by Gasteiger charge is -2.01. The number of aromatic hydroxyl groups is 3. The normalized spacial score (nSPS) is 10.5. The minimum Gasteiger partial charge on any atom is -0.507 e. The largest absolute Gasteiger partial charge is 0.507 e. The summed E-state index contributed by atoms with van der Waals surface area (Å²) >= 11 is 2.99. The molecule has 0 saturated heterocycles. The molecule has 6 nitrogen and oxygen atoms in total. The summed E-state index contributed by atoms with van der Waals surface area (Å²) < 4.78 is 5.15. The van der Waals surface area contributed by atoms with Crippen molar-refractivity contribution in [2.75, 3.05) is 7.11 Å². The van der Waals surface area contributed by atoms with E-state index in [0.717, 1.165) is 42.2 Å². The van der Waals surface area contributed by atoms with Crippen LogP contribution >= 0.6 is 22.7 Å². The maximum atomic E-state index is 9.86. The fourth-order valence-electron chi connectivity index (χ4n) is 3.80. The number of aromatic nitrogens is 2. The molecule has 0 amide bonds. The maximum absolute atomic E-state index is 9.86. The van der Waals surface area contributed by atoms with E-state index < -0.39 is 0 Å². The average Bonchev–Trinajstić information content (AvgIpc) is 3.65. The molecule has 2 heterocycles. The number of hydrogen-bond donors (Lipinski definition) is 3. The van der Waals surface area contributed by atoms with Crippen LogP contribution in [0.1, 0.15) is 0 Å². The standard InChI is InChI=1S/C16H13NO2S.C15H11NO2S/c1-19-12-8-6-11(7-9-12)15-10-17-16(20-15)13-4-2-3-5-14(13)18;17-12-7-3-1-5-10(12)14-9-16-15(19-14)11-6-2-4-8-13(11)18/h2-10,18H,1H3;1-9,17-18H. The monoisotopic (exact) mass is 552 g/mol. The van der Waals surface area contributed by atoms with Crippen molar-refractivity contribution < 1.29 is 20.1 Å². The molecule has 4 aromatic carbocycles. The van der Waals surface area contributed by atoms with E-state index in [1.54, 1.807) is 61.0 Å². The van der Waals surface area contributed by atoms with Crippen molar-refractivity contribution in [2.45, 2.75) is 0 Å². The fraction of sp³-hybridized carbons (Fsp3) is 0.0323. The quantitative estimate of drug-likeness (QED) is 0.200. The fourth-order valence-corrected chi connectivity index (χ4v) is 5.74. The second-order valence-electron chi connectivity index (χ2n) is 8.34. The van der Waals surface area contributed by atoms with Gasteiger partial charge in [0.25, 0.3) is 0 Å². The summed E-state index contributed by atoms with van der Waals surface area (Å²) in [5, 5.41) is 31.1. The molecule has 6 aromatic rings. The highest BCUT2D eigenvalue weighted by molar-refractivity contribution is 7.18. The van der Waals surface area contributed by atoms with E-state index >= 15 is 0 Å². The Bertz CT molecular complexity index is 1630. The smallest absolute Gasteiger partial charge is 0.127 e. The van der Waals surface area contributed by atoms with Crippen LogP contribution < -0.4 is 4.74 Å². The highest BCUT2D eigenvalue weighted by atomic mass is 32.1. The molecular formula is C31H24N2O4S2. The van der Waals surface area contributed by atoms with Gasteiger partial charge >= 0.3 is 0 Å². The number of nitrogens with zero attached hydrogens (tertiary/aromatic N) is 2. The molecule has 0 aliphatic carbocycles. The molecule has 0 atom stereocenters. The Morgan fingerprint density at radius 2 is 0.974 bits per heavy atom. The van der Waals surface area contributed by atoms with Gasteiger partial charge in [-0.3, -0.25) is 0 Å². The lowest BCUT2D eigenvalue weighted by Crippen LogP contribution is -1.81. The van der Waals surface area contributed by atoms with Gasteiger partial charge < -0.3 is 20.1 Å². The summed E-state index contributed by atoms with van der Waals surface area (Å²) in [5.41, 5.74) is 3.30. The second kappa shape index (κ2) is 11.8. The van der Waals surface area contributed by atoms with Crippen molar-refractivity contribution in [1.29, 1.82) is 0 Å². The number of rotatable bonds is 5. The number of methoxy groups -OCH3 is 1. The first-order valence-corrected chi connectivity index (χ1v) is 13.6. The second-order valence-corrected chi connectivity index (χ2v) is 10.4. The van der Waals surface area contributed by atoms with E-state index in [-0.39, 0.29) is 17.2 Å². The van der Waals surface area contributed by atoms with Gasteiger partial charge in [0.05, 0.1) is 28.0 Å². The van der Waals surface area contributed by atoms with Gasteiger partial charge in [-0.05, 0) is 66.2 Å². The Morgan fingerprint density at radius 1 is 0.538 bits per heavy atom. The number of benzene rings is 4. The van der Waals surface area contributed by atoms with E-state index in [4.69, 9.17) is 4.74 Å². The van der Waals surface area contributed by atoms with E-state index in [9.17, 15) is 15.3 Å². The Labute approximate surface area is 233 Å². The van der Waals surface area contributed by atoms with Gasteiger partial charge in [-0.1, -0.05) is 36.4 Å². The number of phenols is 3. The summed E-state index contributed by atoms with van der Waals surface area (Å²) in [4.78, 5) is 10.6. The molecule has 0 saturated carbocycles. The molecule has 2 aromatic heterocycles. The van der Waals surface area contributed by atoms with Gasteiger partial charge in [0, 0.05) is 18.0 Å². The van der Waals surface area contributed by atoms with Crippen molar-refractivity contribution in [1.82, 2.24) is 9.97 Å². The van der Waals surface area contributed by atoms with Crippen molar-refractivity contribution in [2.24, 2.45) is 0 Å². The van der Waals surface area contributed by atoms with Gasteiger partial charge in [0.1, 0.15) is 33.0 Å². The van der Waals surface area contributed by atoms with E-state index in [0.29, 0.717) is 5.56 Å². The number of phenolic OH excluding ortho intramolecular Hbond substituents is 3. The first-order valence-electron chi connectivity index (χ1n) is 11.9. The molecule has 0 fully saturated rings. The molecule has 39 heavy (non-hydrogen) atoms. The van der Waals surface area contributed by atoms with Crippen molar-refractivity contribution in [3.63, 3.8) is 0 Å². The van der Waals surface area contributed by atoms with Crippen LogP contribution in [0.15, 0.2) is 109 Å². The third-order valence-electron chi connectivity index (χ3n) is 5.82. The molecule has 0 aliphatic rings. The minimum absolute atomic E-state index is 0.209. The van der Waals surface area contributed by atoms with Crippen LogP contribution in [-0.2, 0) is 0 Å². The van der Waals surface area contributed by atoms with Crippen LogP contribution in [0.2, 0.25) is 0 Å². The van der Waals surface area contributed by atoms with Crippen molar-refractivity contribution >= 4 is 22.7 Å². The topological polar surface area (TPSA) is 95.7 Å². The van der Waals surface area contributed by atoms with E-state index in [1.165, 1.54) is 11.3 Å². The lowest BCUT2D eigenvalue weighted by molar-refractivity contribution is 0.415. The molecule has 0 bridgehead atoms. The zero-order chi connectivity index (χ0) is 27.2. The SMILES string of the molecule is COc1ccc(-c2cnc(-c3ccccc3O)s2)cc1.Oc1ccccc1-c1cnc(-c2ccccc2O)s1. The first-order chi connectivity index (χ1) is 19.0. The molecule has 0 spiro atoms. The average molecular weight is 553 g/mol. The molecule has 8 heteroatoms. The summed E-state index contributed by atoms with van der Waals surface area (Å²) in [6, 6.07) is 29.3. The van der Waals surface area contributed by atoms with Crippen LogP contribution in [0, 0.1) is 0 Å². The molecule has 3 N–H and O–H groups in total. The maximum Gasteiger partial charge on any atom is 0.127 e. The van der Waals surface area contributed by atoms with Crippen LogP contribution in [-0.4, -0.2) is 32.4 Å². The van der Waals surface area contributed by atoms with Crippen LogP contribution in [0.3, 0.4) is 0 Å². The molecule has 0 unspecified atom stereocenters. The van der Waals surface area contributed by atoms with E-state index in [2.05, 4.69) is 9.97 Å². The minimum atomic E-state index is 0.209. The molecule has 6 rings (SSSR count). The Kier molecular flexibility index (Phi) is 7.86. The van der Waals surface area contributed by atoms with Crippen molar-refractivity contribution in [3.8, 4) is 65.0 Å². The van der Waals surface area contributed by atoms with Gasteiger partial charge in [-0.15, -0.1) is 22.7 Å². The summed E-state index contributed by atoms with van der Waals surface area (Å²) in [6.07, 6.45) is 3.54. The zero-order valence-corrected chi connectivity index (χ0v) is 22.5. The van der Waals surface area contributed by atoms with Gasteiger partial charge in [-0.25, -0.2) is 9.97 Å². The predicted octanol–water partition coefficient (Wildman–Crippen LogP) is 8.08. The first kappa shape index (κ1) is 26.0. The highest BCUT2D eigenvalue weighted by Crippen LogP contribution is 2.39. The third kappa shape index (κ3) is 5.93. The van der Waals surface area contributed by atoms with E-state index in [1.807, 2.05) is 66.9 Å². The zero-order valence-electron chi connectivity index (χ0n) is 20.9. The Morgan fingerprint density at radius 3 is 1.46 bits per heavy atom. The van der Waals surface area contributed by atoms with Crippen molar-refractivity contribution in [3.05, 3.63) is 109 Å². The number of thiazole rings is 2. The van der Waals surface area contributed by atoms with Gasteiger partial charge in [0.2, 0.25) is 0 Å². The summed E-state index contributed by atoms with van der Waals surface area (Å²) in [5.74, 6) is 1.53. The van der Waals surface area contributed by atoms with Crippen LogP contribution in [0.4, 0.5) is 0 Å². The molecular weight excluding hydrogens is 528 g/mol. The number of hydrogen-bond acceptors (Lipinski definition) is 8. The van der Waals surface area contributed by atoms with Gasteiger partial charge in [0.15, 0.2) is 0 Å². The number of para-hydroxylation sites is 3. The molecule has 0 radical (unpaired) electrons. The Hall–Kier alpha value is -4.66. The van der Waals surface area contributed by atoms with Crippen LogP contribution in [0.25, 0.3) is 42.0 Å².